The van der Waals surface area contributed by atoms with Crippen LogP contribution in [0.4, 0.5) is 13.2 Å². The van der Waals surface area contributed by atoms with Crippen LogP contribution in [0.25, 0.3) is 0 Å². The van der Waals surface area contributed by atoms with E-state index in [4.69, 9.17) is 9.84 Å². The SMILES string of the molecule is OCCCCOc1cccc(OC(F)(F)F)c1. The van der Waals surface area contributed by atoms with E-state index in [9.17, 15) is 13.2 Å². The first-order valence-corrected chi connectivity index (χ1v) is 5.11. The standard InChI is InChI=1S/C11H13F3O3/c12-11(13,14)17-10-5-3-4-9(8-10)16-7-2-1-6-15/h3-5,8,15H,1-2,6-7H2. The van der Waals surface area contributed by atoms with Crippen molar-refractivity contribution in [3.63, 3.8) is 0 Å². The minimum absolute atomic E-state index is 0.0700. The fraction of sp³-hybridized carbons (Fsp3) is 0.455. The van der Waals surface area contributed by atoms with Crippen molar-refractivity contribution in [2.75, 3.05) is 13.2 Å². The normalized spacial score (nSPS) is 11.3. The molecule has 0 heterocycles. The molecule has 1 aromatic carbocycles. The molecule has 0 saturated heterocycles. The number of rotatable bonds is 6. The molecule has 6 heteroatoms. The van der Waals surface area contributed by atoms with Gasteiger partial charge in [0.1, 0.15) is 11.5 Å². The number of halogens is 3. The molecule has 96 valence electrons. The molecule has 1 rings (SSSR count). The summed E-state index contributed by atoms with van der Waals surface area (Å²) in [6, 6.07) is 5.34. The minimum Gasteiger partial charge on any atom is -0.493 e. The van der Waals surface area contributed by atoms with Crippen LogP contribution in [0, 0.1) is 0 Å². The third kappa shape index (κ3) is 6.01. The van der Waals surface area contributed by atoms with Crippen LogP contribution < -0.4 is 9.47 Å². The third-order valence-electron chi connectivity index (χ3n) is 1.86. The molecular weight excluding hydrogens is 237 g/mol. The number of ether oxygens (including phenoxy) is 2. The summed E-state index contributed by atoms with van der Waals surface area (Å²) in [4.78, 5) is 0. The molecule has 0 radical (unpaired) electrons. The van der Waals surface area contributed by atoms with Crippen molar-refractivity contribution in [1.82, 2.24) is 0 Å². The fourth-order valence-electron chi connectivity index (χ4n) is 1.17. The number of hydrogen-bond donors (Lipinski definition) is 1. The Morgan fingerprint density at radius 2 is 1.82 bits per heavy atom. The second-order valence-electron chi connectivity index (χ2n) is 3.30. The highest BCUT2D eigenvalue weighted by Gasteiger charge is 2.31. The lowest BCUT2D eigenvalue weighted by molar-refractivity contribution is -0.274. The van der Waals surface area contributed by atoms with Gasteiger partial charge in [-0.05, 0) is 25.0 Å². The first-order valence-electron chi connectivity index (χ1n) is 5.11. The molecule has 3 nitrogen and oxygen atoms in total. The molecule has 0 aliphatic heterocycles. The molecule has 1 aromatic rings. The topological polar surface area (TPSA) is 38.7 Å². The maximum Gasteiger partial charge on any atom is 0.573 e. The van der Waals surface area contributed by atoms with Crippen molar-refractivity contribution >= 4 is 0 Å². The largest absolute Gasteiger partial charge is 0.573 e. The van der Waals surface area contributed by atoms with Gasteiger partial charge in [-0.1, -0.05) is 6.07 Å². The van der Waals surface area contributed by atoms with Gasteiger partial charge in [0.25, 0.3) is 0 Å². The summed E-state index contributed by atoms with van der Waals surface area (Å²) in [5.74, 6) is 0.00171. The summed E-state index contributed by atoms with van der Waals surface area (Å²) in [5.41, 5.74) is 0. The van der Waals surface area contributed by atoms with Crippen LogP contribution in [0.3, 0.4) is 0 Å². The second kappa shape index (κ2) is 6.34. The molecular formula is C11H13F3O3. The van der Waals surface area contributed by atoms with Gasteiger partial charge in [0.05, 0.1) is 6.61 Å². The van der Waals surface area contributed by atoms with Gasteiger partial charge in [0.2, 0.25) is 0 Å². The van der Waals surface area contributed by atoms with Gasteiger partial charge in [-0.15, -0.1) is 13.2 Å². The monoisotopic (exact) mass is 250 g/mol. The number of aliphatic hydroxyl groups is 1. The predicted octanol–water partition coefficient (Wildman–Crippen LogP) is 2.74. The maximum absolute atomic E-state index is 11.9. The van der Waals surface area contributed by atoms with E-state index in [1.165, 1.54) is 18.2 Å². The van der Waals surface area contributed by atoms with E-state index >= 15 is 0 Å². The summed E-state index contributed by atoms with van der Waals surface area (Å²) < 4.78 is 44.8. The lowest BCUT2D eigenvalue weighted by Gasteiger charge is -2.10. The molecule has 1 N–H and O–H groups in total. The van der Waals surface area contributed by atoms with Crippen LogP contribution in [0.2, 0.25) is 0 Å². The highest BCUT2D eigenvalue weighted by molar-refractivity contribution is 5.33. The Bertz CT molecular complexity index is 339. The third-order valence-corrected chi connectivity index (χ3v) is 1.86. The van der Waals surface area contributed by atoms with Crippen LogP contribution >= 0.6 is 0 Å². The molecule has 0 fully saturated rings. The number of unbranched alkanes of at least 4 members (excludes halogenated alkanes) is 1. The van der Waals surface area contributed by atoms with Gasteiger partial charge < -0.3 is 14.6 Å². The molecule has 0 bridgehead atoms. The molecule has 17 heavy (non-hydrogen) atoms. The Balaban J connectivity index is 2.48. The van der Waals surface area contributed by atoms with Crippen LogP contribution in [-0.2, 0) is 0 Å². The quantitative estimate of drug-likeness (QED) is 0.789. The summed E-state index contributed by atoms with van der Waals surface area (Å²) in [7, 11) is 0. The molecule has 0 atom stereocenters. The Hall–Kier alpha value is -1.43. The van der Waals surface area contributed by atoms with Crippen LogP contribution in [0.15, 0.2) is 24.3 Å². The van der Waals surface area contributed by atoms with E-state index in [0.29, 0.717) is 25.2 Å². The number of alkyl halides is 3. The highest BCUT2D eigenvalue weighted by Crippen LogP contribution is 2.26. The van der Waals surface area contributed by atoms with Gasteiger partial charge in [0, 0.05) is 12.7 Å². The fourth-order valence-corrected chi connectivity index (χ4v) is 1.17. The number of aliphatic hydroxyl groups excluding tert-OH is 1. The van der Waals surface area contributed by atoms with Crippen LogP contribution in [-0.4, -0.2) is 24.7 Å². The predicted molar refractivity (Wildman–Crippen MR) is 54.9 cm³/mol. The zero-order valence-electron chi connectivity index (χ0n) is 9.04. The highest BCUT2D eigenvalue weighted by atomic mass is 19.4. The lowest BCUT2D eigenvalue weighted by Crippen LogP contribution is -2.17. The van der Waals surface area contributed by atoms with Gasteiger partial charge in [-0.2, -0.15) is 0 Å². The Labute approximate surface area is 96.8 Å². The molecule has 0 spiro atoms. The zero-order chi connectivity index (χ0) is 12.7. The van der Waals surface area contributed by atoms with E-state index in [1.54, 1.807) is 6.07 Å². The Kier molecular flexibility index (Phi) is 5.09. The van der Waals surface area contributed by atoms with E-state index in [2.05, 4.69) is 4.74 Å². The maximum atomic E-state index is 11.9. The van der Waals surface area contributed by atoms with Gasteiger partial charge in [0.15, 0.2) is 0 Å². The van der Waals surface area contributed by atoms with Crippen LogP contribution in [0.1, 0.15) is 12.8 Å². The molecule has 0 aliphatic rings. The van der Waals surface area contributed by atoms with E-state index in [1.807, 2.05) is 0 Å². The van der Waals surface area contributed by atoms with E-state index in [0.717, 1.165) is 0 Å². The molecule has 0 unspecified atom stereocenters. The first-order chi connectivity index (χ1) is 8.01. The second-order valence-corrected chi connectivity index (χ2v) is 3.30. The molecule has 0 aliphatic carbocycles. The van der Waals surface area contributed by atoms with Crippen molar-refractivity contribution in [3.05, 3.63) is 24.3 Å². The first kappa shape index (κ1) is 13.6. The van der Waals surface area contributed by atoms with Crippen molar-refractivity contribution in [3.8, 4) is 11.5 Å². The van der Waals surface area contributed by atoms with Gasteiger partial charge in [-0.3, -0.25) is 0 Å². The Morgan fingerprint density at radius 1 is 1.12 bits per heavy atom. The molecule has 0 saturated carbocycles. The summed E-state index contributed by atoms with van der Waals surface area (Å²) in [5, 5.41) is 8.53. The van der Waals surface area contributed by atoms with Crippen LogP contribution in [0.5, 0.6) is 11.5 Å². The van der Waals surface area contributed by atoms with Gasteiger partial charge >= 0.3 is 6.36 Å². The van der Waals surface area contributed by atoms with Crippen molar-refractivity contribution in [2.45, 2.75) is 19.2 Å². The van der Waals surface area contributed by atoms with E-state index < -0.39 is 6.36 Å². The van der Waals surface area contributed by atoms with Gasteiger partial charge in [-0.25, -0.2) is 0 Å². The van der Waals surface area contributed by atoms with Crippen molar-refractivity contribution in [1.29, 1.82) is 0 Å². The molecule has 0 aromatic heterocycles. The Morgan fingerprint density at radius 3 is 2.47 bits per heavy atom. The average Bonchev–Trinajstić information content (AvgIpc) is 2.23. The molecule has 0 amide bonds. The summed E-state index contributed by atoms with van der Waals surface area (Å²) in [6.45, 7) is 0.413. The van der Waals surface area contributed by atoms with E-state index in [-0.39, 0.29) is 12.4 Å². The summed E-state index contributed by atoms with van der Waals surface area (Å²) >= 11 is 0. The number of hydrogen-bond acceptors (Lipinski definition) is 3. The average molecular weight is 250 g/mol. The van der Waals surface area contributed by atoms with Crippen molar-refractivity contribution in [2.24, 2.45) is 0 Å². The number of benzene rings is 1. The smallest absolute Gasteiger partial charge is 0.493 e. The minimum atomic E-state index is -4.70. The summed E-state index contributed by atoms with van der Waals surface area (Å²) in [6.07, 6.45) is -3.46. The van der Waals surface area contributed by atoms with Crippen molar-refractivity contribution < 1.29 is 27.8 Å². The lowest BCUT2D eigenvalue weighted by atomic mass is 10.3. The zero-order valence-corrected chi connectivity index (χ0v) is 9.04.